The Labute approximate surface area is 69.6 Å². The third kappa shape index (κ3) is 1.94. The number of rotatable bonds is 0. The summed E-state index contributed by atoms with van der Waals surface area (Å²) in [7, 11) is 0. The molecular formula is C9H21NO. The highest BCUT2D eigenvalue weighted by atomic mass is 16.3. The summed E-state index contributed by atoms with van der Waals surface area (Å²) in [6, 6.07) is 0. The summed E-state index contributed by atoms with van der Waals surface area (Å²) in [6.07, 6.45) is 4.61. The van der Waals surface area contributed by atoms with Gasteiger partial charge in [0.2, 0.25) is 0 Å². The van der Waals surface area contributed by atoms with Gasteiger partial charge in [0.25, 0.3) is 0 Å². The van der Waals surface area contributed by atoms with Crippen molar-refractivity contribution in [3.05, 3.63) is 0 Å². The minimum Gasteiger partial charge on any atom is -0.390 e. The van der Waals surface area contributed by atoms with Gasteiger partial charge in [0.15, 0.2) is 0 Å². The van der Waals surface area contributed by atoms with Crippen molar-refractivity contribution in [2.24, 2.45) is 5.41 Å². The number of aliphatic hydroxyl groups is 1. The molecule has 1 aliphatic carbocycles. The van der Waals surface area contributed by atoms with Crippen molar-refractivity contribution in [2.75, 3.05) is 0 Å². The predicted octanol–water partition coefficient (Wildman–Crippen LogP) is 2.50. The van der Waals surface area contributed by atoms with Gasteiger partial charge in [-0.1, -0.05) is 26.7 Å². The van der Waals surface area contributed by atoms with Crippen LogP contribution in [-0.2, 0) is 0 Å². The van der Waals surface area contributed by atoms with Gasteiger partial charge in [-0.2, -0.15) is 0 Å². The van der Waals surface area contributed by atoms with Crippen molar-refractivity contribution < 1.29 is 5.11 Å². The Hall–Kier alpha value is -0.0800. The van der Waals surface area contributed by atoms with Crippen LogP contribution < -0.4 is 6.15 Å². The summed E-state index contributed by atoms with van der Waals surface area (Å²) >= 11 is 0. The average Bonchev–Trinajstić information content (AvgIpc) is 1.77. The van der Waals surface area contributed by atoms with E-state index in [0.29, 0.717) is 0 Å². The van der Waals surface area contributed by atoms with Crippen molar-refractivity contribution in [2.45, 2.75) is 52.1 Å². The van der Waals surface area contributed by atoms with Gasteiger partial charge in [0.1, 0.15) is 0 Å². The first kappa shape index (κ1) is 10.9. The molecule has 0 amide bonds. The van der Waals surface area contributed by atoms with Gasteiger partial charge in [-0.05, 0) is 25.2 Å². The van der Waals surface area contributed by atoms with E-state index in [1.807, 2.05) is 6.92 Å². The average molecular weight is 159 g/mol. The summed E-state index contributed by atoms with van der Waals surface area (Å²) in [4.78, 5) is 0. The lowest BCUT2D eigenvalue weighted by atomic mass is 9.66. The maximum atomic E-state index is 9.90. The summed E-state index contributed by atoms with van der Waals surface area (Å²) in [5.41, 5.74) is -0.295. The Balaban J connectivity index is 0.000001000. The van der Waals surface area contributed by atoms with Crippen LogP contribution in [0.2, 0.25) is 0 Å². The molecule has 0 saturated heterocycles. The fraction of sp³-hybridized carbons (Fsp3) is 1.00. The minimum absolute atomic E-state index is 0. The maximum Gasteiger partial charge on any atom is 0.0670 e. The van der Waals surface area contributed by atoms with Gasteiger partial charge in [0.05, 0.1) is 5.60 Å². The van der Waals surface area contributed by atoms with E-state index < -0.39 is 5.60 Å². The predicted molar refractivity (Wildman–Crippen MR) is 47.9 cm³/mol. The van der Waals surface area contributed by atoms with Gasteiger partial charge in [-0.3, -0.25) is 0 Å². The zero-order valence-electron chi connectivity index (χ0n) is 7.98. The molecule has 4 N–H and O–H groups in total. The fourth-order valence-corrected chi connectivity index (χ4v) is 1.64. The van der Waals surface area contributed by atoms with Crippen LogP contribution in [0.25, 0.3) is 0 Å². The second kappa shape index (κ2) is 3.11. The van der Waals surface area contributed by atoms with E-state index in [1.165, 1.54) is 19.3 Å². The molecular weight excluding hydrogens is 138 g/mol. The third-order valence-electron chi connectivity index (χ3n) is 3.17. The van der Waals surface area contributed by atoms with E-state index >= 15 is 0 Å². The maximum absolute atomic E-state index is 9.90. The van der Waals surface area contributed by atoms with E-state index in [1.54, 1.807) is 0 Å². The Kier molecular flexibility index (Phi) is 3.09. The van der Waals surface area contributed by atoms with Crippen LogP contribution in [0.3, 0.4) is 0 Å². The summed E-state index contributed by atoms with van der Waals surface area (Å²) < 4.78 is 0. The molecule has 0 aliphatic heterocycles. The zero-order chi connectivity index (χ0) is 7.83. The number of hydrogen-bond acceptors (Lipinski definition) is 2. The summed E-state index contributed by atoms with van der Waals surface area (Å²) in [5, 5.41) is 9.90. The van der Waals surface area contributed by atoms with E-state index in [-0.39, 0.29) is 11.6 Å². The highest BCUT2D eigenvalue weighted by molar-refractivity contribution is 4.92. The normalized spacial score (nSPS) is 36.0. The molecule has 0 heterocycles. The molecule has 0 aromatic heterocycles. The third-order valence-corrected chi connectivity index (χ3v) is 3.17. The molecule has 1 fully saturated rings. The molecule has 0 bridgehead atoms. The topological polar surface area (TPSA) is 55.2 Å². The second-order valence-corrected chi connectivity index (χ2v) is 4.36. The lowest BCUT2D eigenvalue weighted by Gasteiger charge is -2.44. The largest absolute Gasteiger partial charge is 0.390 e. The molecule has 1 atom stereocenters. The Bertz CT molecular complexity index is 114. The van der Waals surface area contributed by atoms with Crippen LogP contribution in [0, 0.1) is 5.41 Å². The monoisotopic (exact) mass is 159 g/mol. The Morgan fingerprint density at radius 3 is 1.73 bits per heavy atom. The van der Waals surface area contributed by atoms with Crippen LogP contribution in [0.5, 0.6) is 0 Å². The highest BCUT2D eigenvalue weighted by Crippen LogP contribution is 2.43. The lowest BCUT2D eigenvalue weighted by molar-refractivity contribution is -0.0812. The molecule has 0 aromatic rings. The minimum atomic E-state index is -0.425. The summed E-state index contributed by atoms with van der Waals surface area (Å²) in [6.45, 7) is 6.28. The first-order chi connectivity index (χ1) is 4.46. The van der Waals surface area contributed by atoms with Gasteiger partial charge in [0, 0.05) is 0 Å². The second-order valence-electron chi connectivity index (χ2n) is 4.36. The van der Waals surface area contributed by atoms with Crippen molar-refractivity contribution in [3.8, 4) is 0 Å². The quantitative estimate of drug-likeness (QED) is 0.570. The van der Waals surface area contributed by atoms with E-state index in [9.17, 15) is 5.11 Å². The molecule has 2 nitrogen and oxygen atoms in total. The Morgan fingerprint density at radius 2 is 1.45 bits per heavy atom. The van der Waals surface area contributed by atoms with Gasteiger partial charge in [-0.25, -0.2) is 0 Å². The van der Waals surface area contributed by atoms with E-state index in [0.717, 1.165) is 6.42 Å². The molecule has 11 heavy (non-hydrogen) atoms. The van der Waals surface area contributed by atoms with Gasteiger partial charge < -0.3 is 11.3 Å². The fourth-order valence-electron chi connectivity index (χ4n) is 1.64. The van der Waals surface area contributed by atoms with Crippen molar-refractivity contribution >= 4 is 0 Å². The van der Waals surface area contributed by atoms with Crippen molar-refractivity contribution in [1.82, 2.24) is 6.15 Å². The first-order valence-electron chi connectivity index (χ1n) is 4.18. The molecule has 1 unspecified atom stereocenters. The standard InChI is InChI=1S/C9H18O.H3N/c1-8(2)6-4-5-7-9(8,3)10;/h10H,4-7H2,1-3H3;1H3. The van der Waals surface area contributed by atoms with Crippen molar-refractivity contribution in [3.63, 3.8) is 0 Å². The molecule has 1 saturated carbocycles. The molecule has 1 aliphatic rings. The highest BCUT2D eigenvalue weighted by Gasteiger charge is 2.40. The van der Waals surface area contributed by atoms with Crippen LogP contribution >= 0.6 is 0 Å². The molecule has 0 spiro atoms. The summed E-state index contributed by atoms with van der Waals surface area (Å²) in [5.74, 6) is 0. The van der Waals surface area contributed by atoms with Crippen LogP contribution in [0.4, 0.5) is 0 Å². The van der Waals surface area contributed by atoms with Crippen LogP contribution in [-0.4, -0.2) is 10.7 Å². The molecule has 1 rings (SSSR count). The van der Waals surface area contributed by atoms with E-state index in [2.05, 4.69) is 13.8 Å². The molecule has 68 valence electrons. The van der Waals surface area contributed by atoms with Gasteiger partial charge >= 0.3 is 0 Å². The molecule has 2 heteroatoms. The Morgan fingerprint density at radius 1 is 1.00 bits per heavy atom. The SMILES string of the molecule is CC1(C)CCCCC1(C)O.N. The number of hydrogen-bond donors (Lipinski definition) is 2. The van der Waals surface area contributed by atoms with Gasteiger partial charge in [-0.15, -0.1) is 0 Å². The zero-order valence-corrected chi connectivity index (χ0v) is 7.98. The van der Waals surface area contributed by atoms with Crippen LogP contribution in [0.15, 0.2) is 0 Å². The first-order valence-corrected chi connectivity index (χ1v) is 4.18. The van der Waals surface area contributed by atoms with E-state index in [4.69, 9.17) is 0 Å². The molecule has 0 aromatic carbocycles. The van der Waals surface area contributed by atoms with Crippen LogP contribution in [0.1, 0.15) is 46.5 Å². The molecule has 0 radical (unpaired) electrons. The lowest BCUT2D eigenvalue weighted by Crippen LogP contribution is -2.44. The smallest absolute Gasteiger partial charge is 0.0670 e. The van der Waals surface area contributed by atoms with Crippen molar-refractivity contribution in [1.29, 1.82) is 0 Å².